The van der Waals surface area contributed by atoms with Gasteiger partial charge in [0, 0.05) is 0 Å². The molecule has 0 amide bonds. The molecule has 0 aromatic heterocycles. The van der Waals surface area contributed by atoms with E-state index in [0.717, 1.165) is 0 Å². The van der Waals surface area contributed by atoms with Crippen LogP contribution in [0.15, 0.2) is 24.3 Å². The summed E-state index contributed by atoms with van der Waals surface area (Å²) in [4.78, 5) is 11.1. The van der Waals surface area contributed by atoms with Gasteiger partial charge in [-0.15, -0.1) is 0 Å². The second-order valence-corrected chi connectivity index (χ2v) is 3.30. The third kappa shape index (κ3) is 3.55. The fourth-order valence-electron chi connectivity index (χ4n) is 1.32. The molecule has 0 heterocycles. The van der Waals surface area contributed by atoms with E-state index in [4.69, 9.17) is 9.47 Å². The number of carbonyl (C=O) groups is 1. The van der Waals surface area contributed by atoms with Crippen molar-refractivity contribution in [1.82, 2.24) is 0 Å². The molecule has 1 aromatic rings. The van der Waals surface area contributed by atoms with E-state index in [1.807, 2.05) is 0 Å². The Kier molecular flexibility index (Phi) is 4.79. The number of hydrogen-bond acceptors (Lipinski definition) is 4. The first-order valence-corrected chi connectivity index (χ1v) is 5.15. The van der Waals surface area contributed by atoms with E-state index >= 15 is 0 Å². The van der Waals surface area contributed by atoms with Crippen molar-refractivity contribution in [2.45, 2.75) is 19.4 Å². The Labute approximate surface area is 94.8 Å². The maximum atomic E-state index is 11.1. The zero-order valence-electron chi connectivity index (χ0n) is 9.47. The maximum absolute atomic E-state index is 11.1. The van der Waals surface area contributed by atoms with E-state index < -0.39 is 12.1 Å². The lowest BCUT2D eigenvalue weighted by Gasteiger charge is -2.10. The minimum absolute atomic E-state index is 0.0276. The van der Waals surface area contributed by atoms with Gasteiger partial charge in [0.05, 0.1) is 26.2 Å². The topological polar surface area (TPSA) is 55.8 Å². The highest BCUT2D eigenvalue weighted by Gasteiger charge is 2.13. The zero-order chi connectivity index (χ0) is 12.0. The molecule has 0 spiro atoms. The molecule has 4 nitrogen and oxygen atoms in total. The molecule has 0 aliphatic rings. The van der Waals surface area contributed by atoms with Gasteiger partial charge in [0.1, 0.15) is 5.75 Å². The summed E-state index contributed by atoms with van der Waals surface area (Å²) in [5.41, 5.74) is 0.675. The van der Waals surface area contributed by atoms with Crippen LogP contribution in [0.3, 0.4) is 0 Å². The molecule has 0 radical (unpaired) electrons. The molecule has 4 heteroatoms. The van der Waals surface area contributed by atoms with E-state index in [0.29, 0.717) is 17.9 Å². The molecular formula is C12H16O4. The summed E-state index contributed by atoms with van der Waals surface area (Å²) in [6.45, 7) is 2.06. The number of carbonyl (C=O) groups excluding carboxylic acids is 1. The third-order valence-corrected chi connectivity index (χ3v) is 2.17. The van der Waals surface area contributed by atoms with E-state index in [1.165, 1.54) is 0 Å². The average Bonchev–Trinajstić information content (AvgIpc) is 2.29. The highest BCUT2D eigenvalue weighted by Crippen LogP contribution is 2.20. The molecule has 1 atom stereocenters. The lowest BCUT2D eigenvalue weighted by molar-refractivity contribution is -0.145. The standard InChI is InChI=1S/C12H16O4/c1-3-16-12(14)8-11(13)9-4-6-10(15-2)7-5-9/h4-7,11,13H,3,8H2,1-2H3/t11-/m1/s1. The minimum atomic E-state index is -0.829. The summed E-state index contributed by atoms with van der Waals surface area (Å²) < 4.78 is 9.75. The van der Waals surface area contributed by atoms with Gasteiger partial charge in [0.25, 0.3) is 0 Å². The van der Waals surface area contributed by atoms with E-state index in [9.17, 15) is 9.90 Å². The van der Waals surface area contributed by atoms with Gasteiger partial charge in [-0.3, -0.25) is 4.79 Å². The zero-order valence-corrected chi connectivity index (χ0v) is 9.47. The number of rotatable bonds is 5. The molecule has 1 rings (SSSR count). The number of esters is 1. The first-order valence-electron chi connectivity index (χ1n) is 5.15. The molecule has 0 fully saturated rings. The highest BCUT2D eigenvalue weighted by molar-refractivity contribution is 5.70. The fourth-order valence-corrected chi connectivity index (χ4v) is 1.32. The number of aliphatic hydroxyl groups is 1. The first kappa shape index (κ1) is 12.5. The van der Waals surface area contributed by atoms with Crippen LogP contribution >= 0.6 is 0 Å². The van der Waals surface area contributed by atoms with E-state index in [-0.39, 0.29) is 6.42 Å². The Hall–Kier alpha value is -1.55. The van der Waals surface area contributed by atoms with Crippen LogP contribution in [0.4, 0.5) is 0 Å². The SMILES string of the molecule is CCOC(=O)C[C@@H](O)c1ccc(OC)cc1. The molecule has 88 valence electrons. The molecule has 0 unspecified atom stereocenters. The number of methoxy groups -OCH3 is 1. The van der Waals surface area contributed by atoms with E-state index in [2.05, 4.69) is 0 Å². The van der Waals surface area contributed by atoms with Crippen LogP contribution in [-0.2, 0) is 9.53 Å². The molecule has 0 saturated heterocycles. The van der Waals surface area contributed by atoms with Crippen LogP contribution in [0.1, 0.15) is 25.0 Å². The van der Waals surface area contributed by atoms with Crippen LogP contribution in [-0.4, -0.2) is 24.8 Å². The Bertz CT molecular complexity index is 331. The molecule has 1 N–H and O–H groups in total. The largest absolute Gasteiger partial charge is 0.497 e. The van der Waals surface area contributed by atoms with Gasteiger partial charge in [-0.05, 0) is 24.6 Å². The van der Waals surface area contributed by atoms with Crippen molar-refractivity contribution < 1.29 is 19.4 Å². The molecule has 0 bridgehead atoms. The normalized spacial score (nSPS) is 11.9. The summed E-state index contributed by atoms with van der Waals surface area (Å²) in [6, 6.07) is 6.93. The lowest BCUT2D eigenvalue weighted by atomic mass is 10.1. The van der Waals surface area contributed by atoms with Crippen molar-refractivity contribution in [1.29, 1.82) is 0 Å². The van der Waals surface area contributed by atoms with E-state index in [1.54, 1.807) is 38.3 Å². The predicted octanol–water partition coefficient (Wildman–Crippen LogP) is 1.68. The molecule has 16 heavy (non-hydrogen) atoms. The van der Waals surface area contributed by atoms with Crippen LogP contribution in [0.5, 0.6) is 5.75 Å². The molecule has 0 aliphatic heterocycles. The Morgan fingerprint density at radius 2 is 2.00 bits per heavy atom. The maximum Gasteiger partial charge on any atom is 0.308 e. The lowest BCUT2D eigenvalue weighted by Crippen LogP contribution is -2.09. The minimum Gasteiger partial charge on any atom is -0.497 e. The Morgan fingerprint density at radius 3 is 2.50 bits per heavy atom. The van der Waals surface area contributed by atoms with Crippen molar-refractivity contribution in [2.75, 3.05) is 13.7 Å². The number of benzene rings is 1. The van der Waals surface area contributed by atoms with Gasteiger partial charge < -0.3 is 14.6 Å². The van der Waals surface area contributed by atoms with Crippen molar-refractivity contribution >= 4 is 5.97 Å². The molecule has 0 aliphatic carbocycles. The molecular weight excluding hydrogens is 208 g/mol. The predicted molar refractivity (Wildman–Crippen MR) is 59.2 cm³/mol. The van der Waals surface area contributed by atoms with Crippen LogP contribution in [0.2, 0.25) is 0 Å². The smallest absolute Gasteiger partial charge is 0.308 e. The number of ether oxygens (including phenoxy) is 2. The van der Waals surface area contributed by atoms with Gasteiger partial charge >= 0.3 is 5.97 Å². The summed E-state index contributed by atoms with van der Waals surface area (Å²) in [7, 11) is 1.57. The van der Waals surface area contributed by atoms with Crippen LogP contribution in [0, 0.1) is 0 Å². The van der Waals surface area contributed by atoms with Gasteiger partial charge in [-0.25, -0.2) is 0 Å². The summed E-state index contributed by atoms with van der Waals surface area (Å²) >= 11 is 0. The van der Waals surface area contributed by atoms with Crippen molar-refractivity contribution in [3.05, 3.63) is 29.8 Å². The first-order chi connectivity index (χ1) is 7.67. The van der Waals surface area contributed by atoms with Gasteiger partial charge in [0.15, 0.2) is 0 Å². The van der Waals surface area contributed by atoms with Gasteiger partial charge in [0.2, 0.25) is 0 Å². The van der Waals surface area contributed by atoms with Crippen LogP contribution in [0.25, 0.3) is 0 Å². The Balaban J connectivity index is 2.58. The summed E-state index contributed by atoms with van der Waals surface area (Å²) in [5.74, 6) is 0.318. The average molecular weight is 224 g/mol. The molecule has 0 saturated carbocycles. The highest BCUT2D eigenvalue weighted by atomic mass is 16.5. The fraction of sp³-hybridized carbons (Fsp3) is 0.417. The quantitative estimate of drug-likeness (QED) is 0.773. The van der Waals surface area contributed by atoms with Crippen molar-refractivity contribution in [3.8, 4) is 5.75 Å². The van der Waals surface area contributed by atoms with Gasteiger partial charge in [-0.1, -0.05) is 12.1 Å². The number of hydrogen-bond donors (Lipinski definition) is 1. The summed E-state index contributed by atoms with van der Waals surface area (Å²) in [5, 5.41) is 9.74. The van der Waals surface area contributed by atoms with Crippen molar-refractivity contribution in [3.63, 3.8) is 0 Å². The third-order valence-electron chi connectivity index (χ3n) is 2.17. The summed E-state index contributed by atoms with van der Waals surface area (Å²) in [6.07, 6.45) is -0.856. The molecule has 1 aromatic carbocycles. The Morgan fingerprint density at radius 1 is 1.38 bits per heavy atom. The second-order valence-electron chi connectivity index (χ2n) is 3.30. The second kappa shape index (κ2) is 6.12. The van der Waals surface area contributed by atoms with Crippen molar-refractivity contribution in [2.24, 2.45) is 0 Å². The number of aliphatic hydroxyl groups excluding tert-OH is 1. The monoisotopic (exact) mass is 224 g/mol. The van der Waals surface area contributed by atoms with Gasteiger partial charge in [-0.2, -0.15) is 0 Å². The van der Waals surface area contributed by atoms with Crippen LogP contribution < -0.4 is 4.74 Å².